The molecular weight excluding hydrogens is 191 g/mol. The van der Waals surface area contributed by atoms with Crippen molar-refractivity contribution in [3.05, 3.63) is 11.8 Å². The van der Waals surface area contributed by atoms with Crippen LogP contribution in [0.15, 0.2) is 11.8 Å². The Morgan fingerprint density at radius 2 is 2.00 bits per heavy atom. The zero-order chi connectivity index (χ0) is 7.49. The van der Waals surface area contributed by atoms with E-state index in [1.54, 1.807) is 0 Å². The van der Waals surface area contributed by atoms with E-state index >= 15 is 0 Å². The van der Waals surface area contributed by atoms with E-state index in [1.807, 2.05) is 0 Å². The first-order valence-corrected chi connectivity index (χ1v) is 7.19. The Morgan fingerprint density at radius 3 is 2.11 bits per heavy atom. The summed E-state index contributed by atoms with van der Waals surface area (Å²) in [5.74, 6) is 0. The minimum atomic E-state index is -1.11. The van der Waals surface area contributed by atoms with Gasteiger partial charge in [0.1, 0.15) is 0 Å². The SMILES string of the molecule is C=C(CO[As])[Si](C)(C)C. The summed E-state index contributed by atoms with van der Waals surface area (Å²) in [5, 5.41) is 1.27. The van der Waals surface area contributed by atoms with Crippen LogP contribution in [0.5, 0.6) is 0 Å². The third-order valence-corrected chi connectivity index (χ3v) is 3.84. The maximum absolute atomic E-state index is 4.90. The molecule has 2 radical (unpaired) electrons. The second-order valence-corrected chi connectivity index (χ2v) is 8.88. The van der Waals surface area contributed by atoms with E-state index in [2.05, 4.69) is 43.4 Å². The van der Waals surface area contributed by atoms with Gasteiger partial charge in [-0.2, -0.15) is 0 Å². The Kier molecular flexibility index (Phi) is 3.79. The molecule has 0 aromatic carbocycles. The molecule has 0 N–H and O–H groups in total. The minimum absolute atomic E-state index is 0.704. The first kappa shape index (κ1) is 9.48. The van der Waals surface area contributed by atoms with Crippen molar-refractivity contribution in [2.75, 3.05) is 6.61 Å². The van der Waals surface area contributed by atoms with Crippen LogP contribution in [0.25, 0.3) is 0 Å². The molecule has 0 aliphatic carbocycles. The van der Waals surface area contributed by atoms with Crippen LogP contribution in [0, 0.1) is 0 Å². The molecule has 0 aromatic heterocycles. The molecule has 0 saturated carbocycles. The second kappa shape index (κ2) is 3.60. The molecule has 3 heteroatoms. The molecule has 0 saturated heterocycles. The van der Waals surface area contributed by atoms with E-state index in [1.165, 1.54) is 5.20 Å². The molecule has 0 heterocycles. The van der Waals surface area contributed by atoms with E-state index < -0.39 is 8.07 Å². The average Bonchev–Trinajstić information content (AvgIpc) is 1.64. The summed E-state index contributed by atoms with van der Waals surface area (Å²) in [5.41, 5.74) is 0. The Bertz CT molecular complexity index is 106. The van der Waals surface area contributed by atoms with Crippen LogP contribution in [0.4, 0.5) is 0 Å². The van der Waals surface area contributed by atoms with Gasteiger partial charge in [-0.25, -0.2) is 0 Å². The molecule has 0 aliphatic heterocycles. The average molecular weight is 204 g/mol. The van der Waals surface area contributed by atoms with Crippen molar-refractivity contribution >= 4 is 25.3 Å². The van der Waals surface area contributed by atoms with Gasteiger partial charge < -0.3 is 0 Å². The molecule has 0 atom stereocenters. The van der Waals surface area contributed by atoms with Crippen molar-refractivity contribution in [1.82, 2.24) is 0 Å². The zero-order valence-corrected chi connectivity index (χ0v) is 9.15. The van der Waals surface area contributed by atoms with Gasteiger partial charge in [-0.1, -0.05) is 0 Å². The predicted octanol–water partition coefficient (Wildman–Crippen LogP) is 1.52. The van der Waals surface area contributed by atoms with Crippen LogP contribution < -0.4 is 0 Å². The van der Waals surface area contributed by atoms with Crippen LogP contribution in [-0.4, -0.2) is 31.9 Å². The van der Waals surface area contributed by atoms with Crippen LogP contribution in [0.1, 0.15) is 0 Å². The molecule has 0 aliphatic rings. The van der Waals surface area contributed by atoms with Gasteiger partial charge in [0.05, 0.1) is 0 Å². The monoisotopic (exact) mass is 204 g/mol. The molecule has 0 unspecified atom stereocenters. The molecule has 0 bridgehead atoms. The van der Waals surface area contributed by atoms with Gasteiger partial charge >= 0.3 is 67.0 Å². The van der Waals surface area contributed by atoms with Crippen LogP contribution >= 0.6 is 0 Å². The second-order valence-electron chi connectivity index (χ2n) is 3.13. The normalized spacial score (nSPS) is 11.6. The van der Waals surface area contributed by atoms with Crippen LogP contribution in [-0.2, 0) is 3.73 Å². The van der Waals surface area contributed by atoms with Crippen molar-refractivity contribution in [3.63, 3.8) is 0 Å². The predicted molar refractivity (Wildman–Crippen MR) is 44.2 cm³/mol. The molecule has 0 rings (SSSR count). The van der Waals surface area contributed by atoms with Crippen molar-refractivity contribution in [1.29, 1.82) is 0 Å². The van der Waals surface area contributed by atoms with Gasteiger partial charge in [0.15, 0.2) is 0 Å². The Balaban J connectivity index is 3.74. The molecule has 0 fully saturated rings. The van der Waals surface area contributed by atoms with Gasteiger partial charge in [-0.15, -0.1) is 0 Å². The van der Waals surface area contributed by atoms with E-state index in [0.29, 0.717) is 6.61 Å². The third-order valence-electron chi connectivity index (χ3n) is 1.30. The molecule has 1 nitrogen and oxygen atoms in total. The molecular formula is C6H13AsOSi. The van der Waals surface area contributed by atoms with Gasteiger partial charge in [0.2, 0.25) is 0 Å². The maximum atomic E-state index is 4.90. The summed E-state index contributed by atoms with van der Waals surface area (Å²) >= 11 is 2.11. The number of hydrogen-bond donors (Lipinski definition) is 0. The molecule has 52 valence electrons. The molecule has 9 heavy (non-hydrogen) atoms. The number of rotatable bonds is 3. The summed E-state index contributed by atoms with van der Waals surface area (Å²) in [6.07, 6.45) is 0. The Labute approximate surface area is 67.3 Å². The Morgan fingerprint density at radius 1 is 1.56 bits per heavy atom. The van der Waals surface area contributed by atoms with Gasteiger partial charge in [0, 0.05) is 0 Å². The molecule has 0 aromatic rings. The standard InChI is InChI=1S/C6H13AsOSi/c1-6(5-8-7)9(2,3)4/h1,5H2,2-4H3. The van der Waals surface area contributed by atoms with Crippen LogP contribution in [0.2, 0.25) is 19.6 Å². The summed E-state index contributed by atoms with van der Waals surface area (Å²) in [7, 11) is -1.11. The first-order valence-electron chi connectivity index (χ1n) is 2.93. The van der Waals surface area contributed by atoms with Gasteiger partial charge in [0.25, 0.3) is 0 Å². The van der Waals surface area contributed by atoms with Gasteiger partial charge in [-0.05, 0) is 0 Å². The first-order chi connectivity index (χ1) is 3.98. The molecule has 0 spiro atoms. The molecule has 0 amide bonds. The quantitative estimate of drug-likeness (QED) is 0.633. The van der Waals surface area contributed by atoms with E-state index in [-0.39, 0.29) is 0 Å². The fourth-order valence-electron chi connectivity index (χ4n) is 0.294. The fraction of sp³-hybridized carbons (Fsp3) is 0.667. The summed E-state index contributed by atoms with van der Waals surface area (Å²) in [6.45, 7) is 11.4. The van der Waals surface area contributed by atoms with E-state index in [0.717, 1.165) is 0 Å². The summed E-state index contributed by atoms with van der Waals surface area (Å²) in [4.78, 5) is 0. The Hall–Kier alpha value is 0.475. The fourth-order valence-corrected chi connectivity index (χ4v) is 1.39. The topological polar surface area (TPSA) is 9.23 Å². The van der Waals surface area contributed by atoms with E-state index in [4.69, 9.17) is 3.73 Å². The zero-order valence-electron chi connectivity index (χ0n) is 6.27. The van der Waals surface area contributed by atoms with Gasteiger partial charge in [-0.3, -0.25) is 0 Å². The van der Waals surface area contributed by atoms with Crippen molar-refractivity contribution < 1.29 is 3.73 Å². The van der Waals surface area contributed by atoms with Crippen LogP contribution in [0.3, 0.4) is 0 Å². The number of hydrogen-bond acceptors (Lipinski definition) is 1. The van der Waals surface area contributed by atoms with Crippen molar-refractivity contribution in [3.8, 4) is 0 Å². The van der Waals surface area contributed by atoms with Crippen molar-refractivity contribution in [2.24, 2.45) is 0 Å². The third kappa shape index (κ3) is 3.96. The summed E-state index contributed by atoms with van der Waals surface area (Å²) in [6, 6.07) is 0. The van der Waals surface area contributed by atoms with E-state index in [9.17, 15) is 0 Å². The summed E-state index contributed by atoms with van der Waals surface area (Å²) < 4.78 is 4.90. The van der Waals surface area contributed by atoms with Crippen molar-refractivity contribution in [2.45, 2.75) is 19.6 Å².